The third kappa shape index (κ3) is 22.8. The molecule has 0 aromatic rings. The molecule has 1 nitrogen and oxygen atoms in total. The molecule has 0 rings (SSSR count). The second kappa shape index (κ2) is 16.4. The molecule has 0 bridgehead atoms. The fourth-order valence-electron chi connectivity index (χ4n) is 0.0962. The first kappa shape index (κ1) is 15.7. The van der Waals surface area contributed by atoms with Crippen molar-refractivity contribution >= 4 is 0 Å². The van der Waals surface area contributed by atoms with Crippen molar-refractivity contribution in [2.75, 3.05) is 6.61 Å². The van der Waals surface area contributed by atoms with Crippen LogP contribution in [-0.4, -0.2) is 6.61 Å². The molecule has 2 heteroatoms. The van der Waals surface area contributed by atoms with Gasteiger partial charge in [-0.3, -0.25) is 0 Å². The molecule has 0 radical (unpaired) electrons. The molecule has 0 aliphatic carbocycles. The SMILES string of the molecule is [CH-]=COCC.[CH3-].[Zn+2]. The normalized spacial score (nSPS) is 4.71. The van der Waals surface area contributed by atoms with E-state index in [1.807, 2.05) is 6.92 Å². The van der Waals surface area contributed by atoms with Crippen molar-refractivity contribution in [1.82, 2.24) is 0 Å². The first-order valence-corrected chi connectivity index (χ1v) is 1.56. The second-order valence-corrected chi connectivity index (χ2v) is 0.591. The summed E-state index contributed by atoms with van der Waals surface area (Å²) in [4.78, 5) is 0. The van der Waals surface area contributed by atoms with Gasteiger partial charge in [-0.25, -0.2) is 0 Å². The van der Waals surface area contributed by atoms with Crippen LogP contribution in [0.5, 0.6) is 0 Å². The van der Waals surface area contributed by atoms with Crippen LogP contribution in [0.15, 0.2) is 6.26 Å². The van der Waals surface area contributed by atoms with Gasteiger partial charge in [0.15, 0.2) is 0 Å². The minimum atomic E-state index is 0. The van der Waals surface area contributed by atoms with E-state index in [-0.39, 0.29) is 26.9 Å². The van der Waals surface area contributed by atoms with E-state index in [4.69, 9.17) is 6.58 Å². The molecule has 0 aliphatic heterocycles. The predicted molar refractivity (Wildman–Crippen MR) is 26.9 cm³/mol. The van der Waals surface area contributed by atoms with Crippen LogP contribution in [0.2, 0.25) is 0 Å². The summed E-state index contributed by atoms with van der Waals surface area (Å²) in [5.74, 6) is 0. The van der Waals surface area contributed by atoms with E-state index < -0.39 is 0 Å². The van der Waals surface area contributed by atoms with E-state index in [9.17, 15) is 0 Å². The van der Waals surface area contributed by atoms with Gasteiger partial charge in [0.1, 0.15) is 0 Å². The average molecular weight is 152 g/mol. The molecule has 38 valence electrons. The van der Waals surface area contributed by atoms with Crippen molar-refractivity contribution in [3.8, 4) is 0 Å². The molecular weight excluding hydrogens is 141 g/mol. The molecule has 0 aliphatic rings. The average Bonchev–Trinajstić information content (AvgIpc) is 1.41. The summed E-state index contributed by atoms with van der Waals surface area (Å²) >= 11 is 0. The number of hydrogen-bond donors (Lipinski definition) is 0. The fourth-order valence-corrected chi connectivity index (χ4v) is 0.0962. The number of rotatable bonds is 2. The summed E-state index contributed by atoms with van der Waals surface area (Å²) in [6.07, 6.45) is 1.18. The minimum absolute atomic E-state index is 0. The van der Waals surface area contributed by atoms with Gasteiger partial charge in [0.2, 0.25) is 0 Å². The van der Waals surface area contributed by atoms with Crippen LogP contribution in [0.1, 0.15) is 6.92 Å². The van der Waals surface area contributed by atoms with Gasteiger partial charge in [0.25, 0.3) is 0 Å². The van der Waals surface area contributed by atoms with E-state index in [2.05, 4.69) is 4.74 Å². The summed E-state index contributed by atoms with van der Waals surface area (Å²) in [5.41, 5.74) is 0. The van der Waals surface area contributed by atoms with Crippen LogP contribution in [0.25, 0.3) is 0 Å². The molecule has 0 saturated heterocycles. The van der Waals surface area contributed by atoms with Crippen LogP contribution < -0.4 is 0 Å². The van der Waals surface area contributed by atoms with Crippen LogP contribution in [-0.2, 0) is 24.2 Å². The first-order chi connectivity index (χ1) is 2.41. The molecule has 0 fully saturated rings. The largest absolute Gasteiger partial charge is 2.00 e. The summed E-state index contributed by atoms with van der Waals surface area (Å²) in [7, 11) is 0. The molecule has 0 aromatic heterocycles. The maximum Gasteiger partial charge on any atom is 2.00 e. The van der Waals surface area contributed by atoms with Gasteiger partial charge in [-0.15, -0.1) is 6.26 Å². The third-order valence-corrected chi connectivity index (χ3v) is 0.263. The summed E-state index contributed by atoms with van der Waals surface area (Å²) in [6.45, 7) is 7.33. The third-order valence-electron chi connectivity index (χ3n) is 0.263. The molecular formula is C5H10OZn. The van der Waals surface area contributed by atoms with Gasteiger partial charge in [-0.2, -0.15) is 0 Å². The Hall–Kier alpha value is 0.163. The fraction of sp³-hybridized carbons (Fsp3) is 0.400. The summed E-state index contributed by atoms with van der Waals surface area (Å²) in [6, 6.07) is 0. The van der Waals surface area contributed by atoms with Crippen molar-refractivity contribution < 1.29 is 24.2 Å². The Labute approximate surface area is 58.5 Å². The molecule has 0 saturated carbocycles. The Morgan fingerprint density at radius 3 is 2.14 bits per heavy atom. The quantitative estimate of drug-likeness (QED) is 0.330. The van der Waals surface area contributed by atoms with E-state index in [1.54, 1.807) is 0 Å². The van der Waals surface area contributed by atoms with E-state index in [0.29, 0.717) is 6.61 Å². The van der Waals surface area contributed by atoms with E-state index in [0.717, 1.165) is 0 Å². The maximum atomic E-state index is 4.79. The molecule has 0 amide bonds. The standard InChI is InChI=1S/C4H7O.CH3.Zn/c1-3-5-4-2;;/h1,3H,4H2,2H3;1H3;/q2*-1;+2. The first-order valence-electron chi connectivity index (χ1n) is 1.56. The van der Waals surface area contributed by atoms with Crippen molar-refractivity contribution in [3.63, 3.8) is 0 Å². The molecule has 0 aromatic carbocycles. The van der Waals surface area contributed by atoms with Gasteiger partial charge < -0.3 is 18.7 Å². The molecule has 0 atom stereocenters. The van der Waals surface area contributed by atoms with Gasteiger partial charge in [-0.05, 0) is 6.92 Å². The maximum absolute atomic E-state index is 4.79. The number of ether oxygens (including phenoxy) is 1. The van der Waals surface area contributed by atoms with E-state index >= 15 is 0 Å². The van der Waals surface area contributed by atoms with Crippen molar-refractivity contribution in [2.24, 2.45) is 0 Å². The topological polar surface area (TPSA) is 9.23 Å². The zero-order valence-corrected chi connectivity index (χ0v) is 7.94. The Morgan fingerprint density at radius 2 is 2.14 bits per heavy atom. The van der Waals surface area contributed by atoms with Crippen LogP contribution in [0.3, 0.4) is 0 Å². The second-order valence-electron chi connectivity index (χ2n) is 0.591. The molecule has 0 heterocycles. The van der Waals surface area contributed by atoms with Gasteiger partial charge in [-0.1, -0.05) is 0 Å². The Balaban J connectivity index is -0.0000000800. The molecule has 0 N–H and O–H groups in total. The summed E-state index contributed by atoms with van der Waals surface area (Å²) in [5, 5.41) is 0. The molecule has 7 heavy (non-hydrogen) atoms. The Kier molecular flexibility index (Phi) is 36.8. The molecule has 0 spiro atoms. The predicted octanol–water partition coefficient (Wildman–Crippen LogP) is 1.42. The monoisotopic (exact) mass is 150 g/mol. The van der Waals surface area contributed by atoms with Crippen LogP contribution in [0, 0.1) is 14.0 Å². The van der Waals surface area contributed by atoms with Gasteiger partial charge in [0, 0.05) is 0 Å². The number of hydrogen-bond acceptors (Lipinski definition) is 1. The van der Waals surface area contributed by atoms with Crippen molar-refractivity contribution in [2.45, 2.75) is 6.92 Å². The zero-order valence-electron chi connectivity index (χ0n) is 4.98. The van der Waals surface area contributed by atoms with Gasteiger partial charge >= 0.3 is 19.5 Å². The van der Waals surface area contributed by atoms with E-state index in [1.165, 1.54) is 6.26 Å². The Morgan fingerprint density at radius 1 is 1.71 bits per heavy atom. The van der Waals surface area contributed by atoms with Crippen molar-refractivity contribution in [3.05, 3.63) is 20.3 Å². The minimum Gasteiger partial charge on any atom is -0.538 e. The van der Waals surface area contributed by atoms with Crippen molar-refractivity contribution in [1.29, 1.82) is 0 Å². The zero-order chi connectivity index (χ0) is 4.12. The van der Waals surface area contributed by atoms with Gasteiger partial charge in [0.05, 0.1) is 6.61 Å². The Bertz CT molecular complexity index is 29.3. The van der Waals surface area contributed by atoms with Crippen LogP contribution >= 0.6 is 0 Å². The van der Waals surface area contributed by atoms with Crippen LogP contribution in [0.4, 0.5) is 0 Å². The smallest absolute Gasteiger partial charge is 0.538 e. The molecule has 0 unspecified atom stereocenters. The summed E-state index contributed by atoms with van der Waals surface area (Å²) < 4.78 is 4.49.